The number of rotatable bonds is 2. The van der Waals surface area contributed by atoms with Crippen LogP contribution < -0.4 is 10.4 Å². The van der Waals surface area contributed by atoms with Gasteiger partial charge in [0.05, 0.1) is 12.0 Å². The summed E-state index contributed by atoms with van der Waals surface area (Å²) in [6, 6.07) is 11.7. The molecule has 2 aliphatic rings. The van der Waals surface area contributed by atoms with Gasteiger partial charge in [-0.3, -0.25) is 0 Å². The van der Waals surface area contributed by atoms with Crippen LogP contribution in [0.15, 0.2) is 48.6 Å². The van der Waals surface area contributed by atoms with Crippen molar-refractivity contribution in [1.29, 1.82) is 0 Å². The van der Waals surface area contributed by atoms with E-state index in [1.165, 1.54) is 22.4 Å². The van der Waals surface area contributed by atoms with Crippen molar-refractivity contribution < 1.29 is 9.90 Å². The van der Waals surface area contributed by atoms with E-state index in [4.69, 9.17) is 0 Å². The third-order valence-corrected chi connectivity index (χ3v) is 5.32. The van der Waals surface area contributed by atoms with Gasteiger partial charge >= 0.3 is 0 Å². The van der Waals surface area contributed by atoms with E-state index in [1.54, 1.807) is 12.1 Å². The maximum absolute atomic E-state index is 11.0. The quantitative estimate of drug-likeness (QED) is 0.862. The summed E-state index contributed by atoms with van der Waals surface area (Å²) < 4.78 is 0. The molecule has 0 radical (unpaired) electrons. The number of aromatic carboxylic acids is 1. The van der Waals surface area contributed by atoms with Crippen molar-refractivity contribution in [3.8, 4) is 0 Å². The summed E-state index contributed by atoms with van der Waals surface area (Å²) in [6.07, 6.45) is 5.64. The Labute approximate surface area is 142 Å². The van der Waals surface area contributed by atoms with Gasteiger partial charge in [0.2, 0.25) is 0 Å². The summed E-state index contributed by atoms with van der Waals surface area (Å²) in [6.45, 7) is 4.31. The SMILES string of the molecule is Cc1cc(C)c2c(c1)N[C@@H](c1ccc(C(=O)[O-])cc1)[C@@H]1CC=C[C@H]21. The van der Waals surface area contributed by atoms with E-state index in [2.05, 4.69) is 43.4 Å². The molecular formula is C21H20NO2-. The number of benzene rings is 2. The van der Waals surface area contributed by atoms with Gasteiger partial charge in [0.1, 0.15) is 0 Å². The van der Waals surface area contributed by atoms with Gasteiger partial charge in [-0.2, -0.15) is 0 Å². The lowest BCUT2D eigenvalue weighted by Crippen LogP contribution is -2.30. The molecule has 24 heavy (non-hydrogen) atoms. The first-order valence-corrected chi connectivity index (χ1v) is 8.40. The van der Waals surface area contributed by atoms with Gasteiger partial charge in [0.15, 0.2) is 0 Å². The summed E-state index contributed by atoms with van der Waals surface area (Å²) >= 11 is 0. The van der Waals surface area contributed by atoms with Crippen molar-refractivity contribution in [2.45, 2.75) is 32.2 Å². The zero-order valence-electron chi connectivity index (χ0n) is 13.9. The zero-order chi connectivity index (χ0) is 16.8. The standard InChI is InChI=1S/C21H21NO2/c1-12-10-13(2)19-16-4-3-5-17(16)20(22-18(19)11-12)14-6-8-15(9-7-14)21(23)24/h3-4,6-11,16-17,20,22H,5H2,1-2H3,(H,23,24)/p-1/t16-,17+,20-/m0/s1. The predicted octanol–water partition coefficient (Wildman–Crippen LogP) is 3.49. The third kappa shape index (κ3) is 2.32. The maximum atomic E-state index is 11.0. The van der Waals surface area contributed by atoms with E-state index in [9.17, 15) is 9.90 Å². The number of aryl methyl sites for hydroxylation is 2. The fourth-order valence-electron chi connectivity index (χ4n) is 4.30. The molecule has 1 heterocycles. The van der Waals surface area contributed by atoms with Gasteiger partial charge in [-0.25, -0.2) is 0 Å². The van der Waals surface area contributed by atoms with Crippen LogP contribution in [-0.4, -0.2) is 5.97 Å². The lowest BCUT2D eigenvalue weighted by molar-refractivity contribution is -0.255. The lowest BCUT2D eigenvalue weighted by atomic mass is 9.75. The second kappa shape index (κ2) is 5.52. The summed E-state index contributed by atoms with van der Waals surface area (Å²) in [5.74, 6) is -0.240. The van der Waals surface area contributed by atoms with Crippen LogP contribution in [0.3, 0.4) is 0 Å². The second-order valence-corrected chi connectivity index (χ2v) is 6.93. The molecule has 0 saturated carbocycles. The van der Waals surface area contributed by atoms with Crippen molar-refractivity contribution >= 4 is 11.7 Å². The van der Waals surface area contributed by atoms with Crippen LogP contribution in [0.4, 0.5) is 5.69 Å². The number of carboxylic acids is 1. The van der Waals surface area contributed by atoms with Gasteiger partial charge in [-0.15, -0.1) is 0 Å². The molecule has 0 unspecified atom stereocenters. The van der Waals surface area contributed by atoms with E-state index in [0.717, 1.165) is 12.0 Å². The molecule has 2 aromatic rings. The molecule has 0 fully saturated rings. The summed E-state index contributed by atoms with van der Waals surface area (Å²) in [7, 11) is 0. The molecule has 0 bridgehead atoms. The van der Waals surface area contributed by atoms with Crippen LogP contribution in [0.5, 0.6) is 0 Å². The molecule has 3 atom stereocenters. The van der Waals surface area contributed by atoms with Crippen LogP contribution in [0.2, 0.25) is 0 Å². The number of hydrogen-bond donors (Lipinski definition) is 1. The van der Waals surface area contributed by atoms with E-state index >= 15 is 0 Å². The number of allylic oxidation sites excluding steroid dienone is 2. The zero-order valence-corrected chi connectivity index (χ0v) is 13.9. The third-order valence-electron chi connectivity index (χ3n) is 5.32. The van der Waals surface area contributed by atoms with Crippen molar-refractivity contribution in [1.82, 2.24) is 0 Å². The Morgan fingerprint density at radius 3 is 2.62 bits per heavy atom. The summed E-state index contributed by atoms with van der Waals surface area (Å²) in [5.41, 5.74) is 6.55. The highest BCUT2D eigenvalue weighted by atomic mass is 16.4. The first-order chi connectivity index (χ1) is 11.5. The Balaban J connectivity index is 1.76. The van der Waals surface area contributed by atoms with Crippen LogP contribution >= 0.6 is 0 Å². The monoisotopic (exact) mass is 318 g/mol. The molecule has 4 rings (SSSR count). The molecule has 0 aromatic heterocycles. The van der Waals surface area contributed by atoms with Crippen LogP contribution in [0, 0.1) is 19.8 Å². The fourth-order valence-corrected chi connectivity index (χ4v) is 4.30. The number of fused-ring (bicyclic) bond motifs is 3. The Bertz CT molecular complexity index is 836. The molecular weight excluding hydrogens is 298 g/mol. The van der Waals surface area contributed by atoms with E-state index < -0.39 is 5.97 Å². The van der Waals surface area contributed by atoms with Gasteiger partial charge in [-0.1, -0.05) is 42.5 Å². The number of carbonyl (C=O) groups excluding carboxylic acids is 1. The van der Waals surface area contributed by atoms with Crippen LogP contribution in [0.25, 0.3) is 0 Å². The molecule has 0 spiro atoms. The fraction of sp³-hybridized carbons (Fsp3) is 0.286. The molecule has 0 amide bonds. The number of nitrogens with one attached hydrogen (secondary N) is 1. The molecule has 0 saturated heterocycles. The van der Waals surface area contributed by atoms with Crippen molar-refractivity contribution in [2.24, 2.45) is 5.92 Å². The summed E-state index contributed by atoms with van der Waals surface area (Å²) in [5, 5.41) is 14.7. The lowest BCUT2D eigenvalue weighted by Gasteiger charge is -2.38. The Morgan fingerprint density at radius 2 is 1.92 bits per heavy atom. The van der Waals surface area contributed by atoms with Gasteiger partial charge < -0.3 is 15.2 Å². The molecule has 1 N–H and O–H groups in total. The molecule has 2 aromatic carbocycles. The Kier molecular flexibility index (Phi) is 3.45. The highest BCUT2D eigenvalue weighted by molar-refractivity contribution is 5.85. The van der Waals surface area contributed by atoms with Crippen LogP contribution in [0.1, 0.15) is 51.0 Å². The van der Waals surface area contributed by atoms with Crippen molar-refractivity contribution in [3.63, 3.8) is 0 Å². The average Bonchev–Trinajstić information content (AvgIpc) is 3.02. The average molecular weight is 318 g/mol. The molecule has 3 heteroatoms. The topological polar surface area (TPSA) is 52.2 Å². The largest absolute Gasteiger partial charge is 0.545 e. The van der Waals surface area contributed by atoms with E-state index in [1.807, 2.05) is 12.1 Å². The Morgan fingerprint density at radius 1 is 1.17 bits per heavy atom. The molecule has 1 aliphatic carbocycles. The van der Waals surface area contributed by atoms with Crippen molar-refractivity contribution in [2.75, 3.05) is 5.32 Å². The van der Waals surface area contributed by atoms with Crippen molar-refractivity contribution in [3.05, 3.63) is 76.4 Å². The first kappa shape index (κ1) is 15.0. The minimum atomic E-state index is -1.13. The Hall–Kier alpha value is -2.55. The highest BCUT2D eigenvalue weighted by Crippen LogP contribution is 2.50. The second-order valence-electron chi connectivity index (χ2n) is 6.93. The highest BCUT2D eigenvalue weighted by Gasteiger charge is 2.38. The minimum Gasteiger partial charge on any atom is -0.545 e. The van der Waals surface area contributed by atoms with E-state index in [-0.39, 0.29) is 11.6 Å². The van der Waals surface area contributed by atoms with Gasteiger partial charge in [-0.05, 0) is 60.1 Å². The van der Waals surface area contributed by atoms with Gasteiger partial charge in [0, 0.05) is 11.6 Å². The molecule has 122 valence electrons. The number of hydrogen-bond acceptors (Lipinski definition) is 3. The number of carboxylic acid groups (broad SMARTS) is 1. The normalized spacial score (nSPS) is 24.2. The predicted molar refractivity (Wildman–Crippen MR) is 93.0 cm³/mol. The summed E-state index contributed by atoms with van der Waals surface area (Å²) in [4.78, 5) is 11.0. The molecule has 1 aliphatic heterocycles. The smallest absolute Gasteiger partial charge is 0.0715 e. The maximum Gasteiger partial charge on any atom is 0.0715 e. The molecule has 3 nitrogen and oxygen atoms in total. The minimum absolute atomic E-state index is 0.189. The van der Waals surface area contributed by atoms with Gasteiger partial charge in [0.25, 0.3) is 0 Å². The first-order valence-electron chi connectivity index (χ1n) is 8.40. The van der Waals surface area contributed by atoms with E-state index in [0.29, 0.717) is 11.8 Å². The number of anilines is 1. The number of carbonyl (C=O) groups is 1. The van der Waals surface area contributed by atoms with Crippen LogP contribution in [-0.2, 0) is 0 Å².